The van der Waals surface area contributed by atoms with Crippen LogP contribution in [0.25, 0.3) is 100 Å². The van der Waals surface area contributed by atoms with E-state index >= 15 is 0 Å². The van der Waals surface area contributed by atoms with Crippen LogP contribution in [0.4, 0.5) is 0 Å². The van der Waals surface area contributed by atoms with Gasteiger partial charge < -0.3 is 0 Å². The van der Waals surface area contributed by atoms with Crippen molar-refractivity contribution >= 4 is 21.7 Å². The molecule has 262 valence electrons. The van der Waals surface area contributed by atoms with Gasteiger partial charge in [0.1, 0.15) is 0 Å². The Balaban J connectivity index is 1.09. The number of nitrogens with zero attached hydrogens (tertiary/aromatic N) is 3. The summed E-state index contributed by atoms with van der Waals surface area (Å²) in [6.45, 7) is 0. The van der Waals surface area contributed by atoms with Crippen LogP contribution in [0.1, 0.15) is 0 Å². The Bertz CT molecular complexity index is 2890. The van der Waals surface area contributed by atoms with Crippen molar-refractivity contribution in [3.05, 3.63) is 212 Å². The van der Waals surface area contributed by atoms with Gasteiger partial charge in [0.2, 0.25) is 0 Å². The number of rotatable bonds is 7. The van der Waals surface area contributed by atoms with Crippen molar-refractivity contribution in [2.45, 2.75) is 0 Å². The highest BCUT2D eigenvalue weighted by molar-refractivity contribution is 6.13. The molecule has 8 aromatic carbocycles. The van der Waals surface area contributed by atoms with E-state index in [9.17, 15) is 0 Å². The molecule has 3 heteroatoms. The van der Waals surface area contributed by atoms with Crippen molar-refractivity contribution < 1.29 is 0 Å². The van der Waals surface area contributed by atoms with Gasteiger partial charge in [-0.25, -0.2) is 15.0 Å². The highest BCUT2D eigenvalue weighted by Crippen LogP contribution is 2.37. The van der Waals surface area contributed by atoms with E-state index in [1.54, 1.807) is 0 Å². The fourth-order valence-corrected chi connectivity index (χ4v) is 7.64. The van der Waals surface area contributed by atoms with Crippen LogP contribution in [-0.2, 0) is 0 Å². The van der Waals surface area contributed by atoms with Crippen LogP contribution in [0.5, 0.6) is 0 Å². The lowest BCUT2D eigenvalue weighted by Crippen LogP contribution is -1.97. The monoisotopic (exact) mass is 713 g/mol. The summed E-state index contributed by atoms with van der Waals surface area (Å²) in [5.74, 6) is 0.669. The van der Waals surface area contributed by atoms with Gasteiger partial charge in [0, 0.05) is 27.6 Å². The van der Waals surface area contributed by atoms with Crippen LogP contribution in [0, 0.1) is 0 Å². The number of aromatic nitrogens is 3. The molecule has 0 fully saturated rings. The lowest BCUT2D eigenvalue weighted by atomic mass is 9.94. The van der Waals surface area contributed by atoms with E-state index < -0.39 is 0 Å². The van der Waals surface area contributed by atoms with Crippen molar-refractivity contribution in [2.24, 2.45) is 0 Å². The highest BCUT2D eigenvalue weighted by Gasteiger charge is 2.15. The Hall–Kier alpha value is -7.49. The molecule has 0 spiro atoms. The van der Waals surface area contributed by atoms with Crippen molar-refractivity contribution in [3.63, 3.8) is 0 Å². The molecule has 0 aliphatic heterocycles. The Labute approximate surface area is 326 Å². The van der Waals surface area contributed by atoms with Gasteiger partial charge in [-0.2, -0.15) is 0 Å². The SMILES string of the molecule is c1ccc(-c2cccc(-c3cc(-c4cccc(-c5ccccc5)c4)nc(-c4ccc(-c5cc(-c6ccccc6)c6c(ccc7ccccc76)n5)cc4)n3)c2)cc1. The van der Waals surface area contributed by atoms with E-state index in [0.29, 0.717) is 5.82 Å². The van der Waals surface area contributed by atoms with E-state index in [1.165, 1.54) is 38.4 Å². The lowest BCUT2D eigenvalue weighted by molar-refractivity contribution is 1.18. The smallest absolute Gasteiger partial charge is 0.160 e. The molecule has 0 saturated carbocycles. The van der Waals surface area contributed by atoms with Gasteiger partial charge >= 0.3 is 0 Å². The van der Waals surface area contributed by atoms with Gasteiger partial charge in [0.15, 0.2) is 5.82 Å². The van der Waals surface area contributed by atoms with Crippen LogP contribution in [0.3, 0.4) is 0 Å². The van der Waals surface area contributed by atoms with Gasteiger partial charge in [0.05, 0.1) is 22.6 Å². The first-order chi connectivity index (χ1) is 27.7. The summed E-state index contributed by atoms with van der Waals surface area (Å²) in [7, 11) is 0. The average molecular weight is 714 g/mol. The number of benzene rings is 8. The van der Waals surface area contributed by atoms with Crippen molar-refractivity contribution in [1.29, 1.82) is 0 Å². The van der Waals surface area contributed by atoms with Crippen LogP contribution < -0.4 is 0 Å². The third-order valence-corrected chi connectivity index (χ3v) is 10.5. The average Bonchev–Trinajstić information content (AvgIpc) is 3.29. The van der Waals surface area contributed by atoms with E-state index in [4.69, 9.17) is 15.0 Å². The molecule has 0 radical (unpaired) electrons. The third-order valence-electron chi connectivity index (χ3n) is 10.5. The lowest BCUT2D eigenvalue weighted by Gasteiger charge is -2.14. The quantitative estimate of drug-likeness (QED) is 0.154. The second kappa shape index (κ2) is 14.4. The topological polar surface area (TPSA) is 38.7 Å². The molecule has 0 bridgehead atoms. The van der Waals surface area contributed by atoms with E-state index in [2.05, 4.69) is 200 Å². The van der Waals surface area contributed by atoms with Gasteiger partial charge in [-0.3, -0.25) is 0 Å². The first kappa shape index (κ1) is 33.1. The largest absolute Gasteiger partial charge is 0.248 e. The van der Waals surface area contributed by atoms with E-state index in [-0.39, 0.29) is 0 Å². The molecule has 0 atom stereocenters. The molecule has 0 amide bonds. The minimum atomic E-state index is 0.669. The summed E-state index contributed by atoms with van der Waals surface area (Å²) in [4.78, 5) is 15.7. The number of hydrogen-bond acceptors (Lipinski definition) is 3. The van der Waals surface area contributed by atoms with Gasteiger partial charge in [-0.05, 0) is 74.5 Å². The predicted octanol–water partition coefficient (Wildman–Crippen LogP) is 13.8. The molecule has 3 nitrogen and oxygen atoms in total. The zero-order valence-electron chi connectivity index (χ0n) is 30.5. The maximum absolute atomic E-state index is 5.23. The Morgan fingerprint density at radius 3 is 1.36 bits per heavy atom. The highest BCUT2D eigenvalue weighted by atomic mass is 14.9. The second-order valence-electron chi connectivity index (χ2n) is 14.0. The molecule has 10 aromatic rings. The standard InChI is InChI=1S/C53H35N3/c1-4-14-36(15-5-1)42-21-12-23-44(32-42)50-35-51(45-24-13-22-43(33-45)37-16-6-2-7-17-37)56-53(55-50)41-28-26-40(27-29-41)49-34-47(38-18-8-3-9-19-38)52-46-25-11-10-20-39(46)30-31-48(52)54-49/h1-35H. The summed E-state index contributed by atoms with van der Waals surface area (Å²) >= 11 is 0. The molecular weight excluding hydrogens is 679 g/mol. The summed E-state index contributed by atoms with van der Waals surface area (Å²) in [6.07, 6.45) is 0. The number of fused-ring (bicyclic) bond motifs is 3. The zero-order valence-corrected chi connectivity index (χ0v) is 30.5. The van der Waals surface area contributed by atoms with Crippen molar-refractivity contribution in [2.75, 3.05) is 0 Å². The van der Waals surface area contributed by atoms with Crippen LogP contribution in [-0.4, -0.2) is 15.0 Å². The molecule has 0 N–H and O–H groups in total. The molecule has 2 heterocycles. The van der Waals surface area contributed by atoms with Crippen LogP contribution >= 0.6 is 0 Å². The fraction of sp³-hybridized carbons (Fsp3) is 0. The van der Waals surface area contributed by atoms with Gasteiger partial charge in [0.25, 0.3) is 0 Å². The van der Waals surface area contributed by atoms with Gasteiger partial charge in [-0.15, -0.1) is 0 Å². The summed E-state index contributed by atoms with van der Waals surface area (Å²) in [6, 6.07) is 74.5. The summed E-state index contributed by atoms with van der Waals surface area (Å²) < 4.78 is 0. The second-order valence-corrected chi connectivity index (χ2v) is 14.0. The number of hydrogen-bond donors (Lipinski definition) is 0. The summed E-state index contributed by atoms with van der Waals surface area (Å²) in [5.41, 5.74) is 14.6. The zero-order chi connectivity index (χ0) is 37.3. The maximum atomic E-state index is 5.23. The maximum Gasteiger partial charge on any atom is 0.160 e. The molecule has 0 unspecified atom stereocenters. The molecule has 10 rings (SSSR count). The molecular formula is C53H35N3. The van der Waals surface area contributed by atoms with Crippen molar-refractivity contribution in [3.8, 4) is 78.5 Å². The number of pyridine rings is 1. The van der Waals surface area contributed by atoms with Gasteiger partial charge in [-0.1, -0.05) is 182 Å². The van der Waals surface area contributed by atoms with Crippen molar-refractivity contribution in [1.82, 2.24) is 15.0 Å². The predicted molar refractivity (Wildman–Crippen MR) is 233 cm³/mol. The van der Waals surface area contributed by atoms with E-state index in [1.807, 2.05) is 12.1 Å². The first-order valence-electron chi connectivity index (χ1n) is 18.9. The Morgan fingerprint density at radius 1 is 0.268 bits per heavy atom. The normalized spacial score (nSPS) is 11.2. The first-order valence-corrected chi connectivity index (χ1v) is 18.9. The van der Waals surface area contributed by atoms with Crippen LogP contribution in [0.2, 0.25) is 0 Å². The van der Waals surface area contributed by atoms with Crippen LogP contribution in [0.15, 0.2) is 212 Å². The Morgan fingerprint density at radius 2 is 0.750 bits per heavy atom. The molecule has 0 saturated heterocycles. The molecule has 56 heavy (non-hydrogen) atoms. The van der Waals surface area contributed by atoms with E-state index in [0.717, 1.165) is 56.0 Å². The summed E-state index contributed by atoms with van der Waals surface area (Å²) in [5, 5.41) is 3.58. The Kier molecular flexibility index (Phi) is 8.51. The minimum Gasteiger partial charge on any atom is -0.248 e. The fourth-order valence-electron chi connectivity index (χ4n) is 7.64. The molecule has 0 aliphatic carbocycles. The third kappa shape index (κ3) is 6.42. The molecule has 0 aliphatic rings. The molecule has 2 aromatic heterocycles. The minimum absolute atomic E-state index is 0.669.